The van der Waals surface area contributed by atoms with Crippen molar-refractivity contribution in [2.24, 2.45) is 10.9 Å². The lowest BCUT2D eigenvalue weighted by atomic mass is 9.89. The van der Waals surface area contributed by atoms with E-state index in [1.807, 2.05) is 35.2 Å². The Morgan fingerprint density at radius 3 is 2.52 bits per heavy atom. The fourth-order valence-electron chi connectivity index (χ4n) is 3.99. The summed E-state index contributed by atoms with van der Waals surface area (Å²) in [7, 11) is -3.02. The molecule has 7 heteroatoms. The van der Waals surface area contributed by atoms with Gasteiger partial charge in [-0.2, -0.15) is 4.99 Å². The van der Waals surface area contributed by atoms with Gasteiger partial charge in [-0.3, -0.25) is 4.79 Å². The van der Waals surface area contributed by atoms with Crippen LogP contribution in [0.3, 0.4) is 0 Å². The van der Waals surface area contributed by atoms with Crippen LogP contribution in [0.15, 0.2) is 35.3 Å². The number of aliphatic imine (C=N–C) groups is 1. The minimum absolute atomic E-state index is 0.0312. The molecule has 134 valence electrons. The van der Waals surface area contributed by atoms with Crippen molar-refractivity contribution in [2.75, 3.05) is 16.4 Å². The summed E-state index contributed by atoms with van der Waals surface area (Å²) in [6, 6.07) is 9.56. The second kappa shape index (κ2) is 6.76. The van der Waals surface area contributed by atoms with Crippen molar-refractivity contribution in [3.8, 4) is 0 Å². The van der Waals surface area contributed by atoms with Gasteiger partial charge in [-0.05, 0) is 25.0 Å². The SMILES string of the molecule is O=C(N=C1S[C@@H]2CS(=O)(=O)C[C@@H]2N1c1ccccc1)C1CCCCC1. The molecule has 3 aliphatic rings. The molecule has 1 aromatic carbocycles. The summed E-state index contributed by atoms with van der Waals surface area (Å²) in [6.07, 6.45) is 5.24. The van der Waals surface area contributed by atoms with E-state index >= 15 is 0 Å². The number of carbonyl (C=O) groups is 1. The van der Waals surface area contributed by atoms with Crippen molar-refractivity contribution in [1.29, 1.82) is 0 Å². The molecule has 0 spiro atoms. The minimum atomic E-state index is -3.02. The van der Waals surface area contributed by atoms with Crippen LogP contribution >= 0.6 is 11.8 Å². The van der Waals surface area contributed by atoms with Crippen molar-refractivity contribution in [3.05, 3.63) is 30.3 Å². The maximum Gasteiger partial charge on any atom is 0.251 e. The quantitative estimate of drug-likeness (QED) is 0.792. The van der Waals surface area contributed by atoms with Crippen LogP contribution in [0, 0.1) is 5.92 Å². The highest BCUT2D eigenvalue weighted by Gasteiger charge is 2.49. The maximum absolute atomic E-state index is 12.6. The fraction of sp³-hybridized carbons (Fsp3) is 0.556. The van der Waals surface area contributed by atoms with E-state index in [9.17, 15) is 13.2 Å². The predicted octanol–water partition coefficient (Wildman–Crippen LogP) is 2.87. The number of hydrogen-bond acceptors (Lipinski definition) is 4. The topological polar surface area (TPSA) is 66.8 Å². The highest BCUT2D eigenvalue weighted by atomic mass is 32.2. The van der Waals surface area contributed by atoms with Gasteiger partial charge in [0.25, 0.3) is 5.91 Å². The van der Waals surface area contributed by atoms with Crippen molar-refractivity contribution < 1.29 is 13.2 Å². The number of thioether (sulfide) groups is 1. The van der Waals surface area contributed by atoms with Crippen LogP contribution in [0.2, 0.25) is 0 Å². The van der Waals surface area contributed by atoms with Crippen LogP contribution < -0.4 is 4.90 Å². The fourth-order valence-corrected chi connectivity index (χ4v) is 7.91. The molecule has 0 aromatic heterocycles. The average molecular weight is 379 g/mol. The third kappa shape index (κ3) is 3.49. The summed E-state index contributed by atoms with van der Waals surface area (Å²) in [4.78, 5) is 19.1. The standard InChI is InChI=1S/C18H22N2O3S2/c21-17(13-7-3-1-4-8-13)19-18-20(14-9-5-2-6-10-14)15-11-25(22,23)12-16(15)24-18/h2,5-6,9-10,13,15-16H,1,3-4,7-8,11-12H2/t15-,16+/m0/s1. The highest BCUT2D eigenvalue weighted by molar-refractivity contribution is 8.16. The monoisotopic (exact) mass is 378 g/mol. The van der Waals surface area contributed by atoms with E-state index in [1.54, 1.807) is 0 Å². The summed E-state index contributed by atoms with van der Waals surface area (Å²) < 4.78 is 24.1. The molecule has 1 aliphatic carbocycles. The van der Waals surface area contributed by atoms with E-state index in [2.05, 4.69) is 4.99 Å². The lowest BCUT2D eigenvalue weighted by molar-refractivity contribution is -0.122. The van der Waals surface area contributed by atoms with Crippen molar-refractivity contribution >= 4 is 38.4 Å². The molecule has 2 aliphatic heterocycles. The first kappa shape index (κ1) is 17.1. The lowest BCUT2D eigenvalue weighted by Gasteiger charge is -2.25. The lowest BCUT2D eigenvalue weighted by Crippen LogP contribution is -2.38. The number of para-hydroxylation sites is 1. The van der Waals surface area contributed by atoms with Crippen LogP contribution in [0.1, 0.15) is 32.1 Å². The Morgan fingerprint density at radius 2 is 1.80 bits per heavy atom. The molecule has 0 bridgehead atoms. The second-order valence-corrected chi connectivity index (χ2v) is 10.4. The molecule has 1 aromatic rings. The normalized spacial score (nSPS) is 30.6. The number of amidine groups is 1. The molecule has 4 rings (SSSR count). The van der Waals surface area contributed by atoms with Crippen LogP contribution in [-0.2, 0) is 14.6 Å². The Hall–Kier alpha value is -1.34. The van der Waals surface area contributed by atoms with E-state index in [-0.39, 0.29) is 34.6 Å². The summed E-state index contributed by atoms with van der Waals surface area (Å²) in [5, 5.41) is 0.634. The number of nitrogens with zero attached hydrogens (tertiary/aromatic N) is 2. The Morgan fingerprint density at radius 1 is 1.08 bits per heavy atom. The summed E-state index contributed by atoms with van der Waals surface area (Å²) in [6.45, 7) is 0. The van der Waals surface area contributed by atoms with Crippen molar-refractivity contribution in [2.45, 2.75) is 43.4 Å². The first-order valence-corrected chi connectivity index (χ1v) is 11.6. The van der Waals surface area contributed by atoms with Gasteiger partial charge >= 0.3 is 0 Å². The molecule has 2 saturated heterocycles. The Bertz CT molecular complexity index is 786. The molecule has 2 atom stereocenters. The highest BCUT2D eigenvalue weighted by Crippen LogP contribution is 2.41. The van der Waals surface area contributed by atoms with Crippen molar-refractivity contribution in [3.63, 3.8) is 0 Å². The van der Waals surface area contributed by atoms with Crippen LogP contribution in [0.5, 0.6) is 0 Å². The first-order valence-electron chi connectivity index (χ1n) is 8.87. The van der Waals surface area contributed by atoms with E-state index in [4.69, 9.17) is 0 Å². The molecule has 0 radical (unpaired) electrons. The van der Waals surface area contributed by atoms with Gasteiger partial charge < -0.3 is 4.90 Å². The zero-order valence-corrected chi connectivity index (χ0v) is 15.6. The van der Waals surface area contributed by atoms with E-state index < -0.39 is 9.84 Å². The summed E-state index contributed by atoms with van der Waals surface area (Å²) in [5.74, 6) is 0.299. The first-order chi connectivity index (χ1) is 12.0. The molecular formula is C18H22N2O3S2. The third-order valence-corrected chi connectivity index (χ3v) is 8.47. The van der Waals surface area contributed by atoms with E-state index in [0.717, 1.165) is 31.4 Å². The molecule has 5 nitrogen and oxygen atoms in total. The van der Waals surface area contributed by atoms with Gasteiger partial charge in [0.1, 0.15) is 0 Å². The molecule has 2 heterocycles. The van der Waals surface area contributed by atoms with E-state index in [0.29, 0.717) is 5.17 Å². The molecule has 25 heavy (non-hydrogen) atoms. The van der Waals surface area contributed by atoms with Gasteiger partial charge in [0, 0.05) is 16.9 Å². The number of benzene rings is 1. The van der Waals surface area contributed by atoms with Gasteiger partial charge in [-0.15, -0.1) is 0 Å². The number of hydrogen-bond donors (Lipinski definition) is 0. The predicted molar refractivity (Wildman–Crippen MR) is 102 cm³/mol. The number of rotatable bonds is 2. The number of carbonyl (C=O) groups excluding carboxylic acids is 1. The van der Waals surface area contributed by atoms with Gasteiger partial charge in [0.2, 0.25) is 0 Å². The Kier molecular flexibility index (Phi) is 4.62. The van der Waals surface area contributed by atoms with Crippen LogP contribution in [0.25, 0.3) is 0 Å². The number of amides is 1. The third-order valence-electron chi connectivity index (χ3n) is 5.26. The molecule has 0 unspecified atom stereocenters. The van der Waals surface area contributed by atoms with Crippen LogP contribution in [-0.4, -0.2) is 42.3 Å². The zero-order chi connectivity index (χ0) is 17.4. The van der Waals surface area contributed by atoms with Crippen molar-refractivity contribution in [1.82, 2.24) is 0 Å². The molecule has 1 saturated carbocycles. The van der Waals surface area contributed by atoms with Gasteiger partial charge in [-0.25, -0.2) is 8.42 Å². The van der Waals surface area contributed by atoms with Gasteiger partial charge in [0.05, 0.1) is 17.5 Å². The zero-order valence-electron chi connectivity index (χ0n) is 14.0. The molecule has 0 N–H and O–H groups in total. The smallest absolute Gasteiger partial charge is 0.251 e. The molecule has 3 fully saturated rings. The summed E-state index contributed by atoms with van der Waals surface area (Å²) >= 11 is 1.45. The van der Waals surface area contributed by atoms with Gasteiger partial charge in [0.15, 0.2) is 15.0 Å². The number of fused-ring (bicyclic) bond motifs is 1. The largest absolute Gasteiger partial charge is 0.316 e. The Labute approximate surface area is 152 Å². The van der Waals surface area contributed by atoms with Gasteiger partial charge in [-0.1, -0.05) is 49.2 Å². The maximum atomic E-state index is 12.6. The Balaban J connectivity index is 1.64. The molecular weight excluding hydrogens is 356 g/mol. The summed E-state index contributed by atoms with van der Waals surface area (Å²) in [5.41, 5.74) is 0.912. The molecule has 1 amide bonds. The van der Waals surface area contributed by atoms with Crippen LogP contribution in [0.4, 0.5) is 5.69 Å². The number of sulfone groups is 1. The minimum Gasteiger partial charge on any atom is -0.316 e. The number of anilines is 1. The average Bonchev–Trinajstić information content (AvgIpc) is 3.07. The van der Waals surface area contributed by atoms with E-state index in [1.165, 1.54) is 18.2 Å². The second-order valence-electron chi connectivity index (χ2n) is 7.07.